The fourth-order valence-electron chi connectivity index (χ4n) is 1.83. The van der Waals surface area contributed by atoms with E-state index < -0.39 is 0 Å². The normalized spacial score (nSPS) is 26.0. The first-order chi connectivity index (χ1) is 8.59. The van der Waals surface area contributed by atoms with Crippen LogP contribution in [-0.2, 0) is 18.9 Å². The third-order valence-corrected chi connectivity index (χ3v) is 4.96. The molecule has 0 aromatic carbocycles. The lowest BCUT2D eigenvalue weighted by Gasteiger charge is -2.48. The van der Waals surface area contributed by atoms with Crippen molar-refractivity contribution in [3.05, 3.63) is 0 Å². The molecule has 0 saturated heterocycles. The number of ether oxygens (including phenoxy) is 4. The monoisotopic (exact) mass is 324 g/mol. The van der Waals surface area contributed by atoms with Crippen molar-refractivity contribution in [1.82, 2.24) is 0 Å². The molecule has 1 rings (SSSR count). The van der Waals surface area contributed by atoms with Gasteiger partial charge in [0.05, 0.1) is 45.7 Å². The minimum absolute atomic E-state index is 0.239. The number of hydrogen-bond donors (Lipinski definition) is 0. The number of methoxy groups -OCH3 is 1. The third-order valence-electron chi connectivity index (χ3n) is 3.41. The molecule has 0 aliphatic heterocycles. The van der Waals surface area contributed by atoms with Gasteiger partial charge in [0.15, 0.2) is 0 Å². The maximum Gasteiger partial charge on any atom is 0.0704 e. The molecule has 4 nitrogen and oxygen atoms in total. The predicted molar refractivity (Wildman–Crippen MR) is 74.4 cm³/mol. The molecule has 108 valence electrons. The second-order valence-electron chi connectivity index (χ2n) is 5.10. The molecule has 18 heavy (non-hydrogen) atoms. The van der Waals surface area contributed by atoms with Crippen LogP contribution in [0.4, 0.5) is 0 Å². The number of rotatable bonds is 10. The van der Waals surface area contributed by atoms with Crippen molar-refractivity contribution < 1.29 is 18.9 Å². The highest BCUT2D eigenvalue weighted by atomic mass is 79.9. The van der Waals surface area contributed by atoms with E-state index in [0.29, 0.717) is 50.6 Å². The maximum atomic E-state index is 5.79. The Labute approximate surface area is 118 Å². The molecule has 1 aliphatic carbocycles. The van der Waals surface area contributed by atoms with Gasteiger partial charge in [-0.25, -0.2) is 0 Å². The second kappa shape index (κ2) is 8.48. The molecular weight excluding hydrogens is 300 g/mol. The predicted octanol–water partition coefficient (Wildman–Crippen LogP) is 2.24. The Morgan fingerprint density at radius 1 is 1.00 bits per heavy atom. The zero-order valence-corrected chi connectivity index (χ0v) is 13.2. The van der Waals surface area contributed by atoms with E-state index in [1.165, 1.54) is 0 Å². The van der Waals surface area contributed by atoms with Crippen LogP contribution in [0.2, 0.25) is 0 Å². The van der Waals surface area contributed by atoms with Crippen LogP contribution in [0.3, 0.4) is 0 Å². The second-order valence-corrected chi connectivity index (χ2v) is 6.21. The average Bonchev–Trinajstić information content (AvgIpc) is 2.35. The Kier molecular flexibility index (Phi) is 7.72. The summed E-state index contributed by atoms with van der Waals surface area (Å²) in [7, 11) is 1.66. The zero-order chi connectivity index (χ0) is 13.4. The largest absolute Gasteiger partial charge is 0.382 e. The highest BCUT2D eigenvalue weighted by Gasteiger charge is 2.47. The first-order valence-electron chi connectivity index (χ1n) is 6.49. The van der Waals surface area contributed by atoms with E-state index in [1.54, 1.807) is 7.11 Å². The first-order valence-corrected chi connectivity index (χ1v) is 7.40. The lowest BCUT2D eigenvalue weighted by atomic mass is 9.69. The van der Waals surface area contributed by atoms with E-state index in [1.807, 2.05) is 0 Å². The lowest BCUT2D eigenvalue weighted by molar-refractivity contribution is -0.100. The van der Waals surface area contributed by atoms with Gasteiger partial charge in [0.1, 0.15) is 0 Å². The van der Waals surface area contributed by atoms with Gasteiger partial charge in [-0.1, -0.05) is 29.8 Å². The van der Waals surface area contributed by atoms with Gasteiger partial charge in [0, 0.05) is 17.4 Å². The molecule has 1 fully saturated rings. The van der Waals surface area contributed by atoms with E-state index in [4.69, 9.17) is 18.9 Å². The summed E-state index contributed by atoms with van der Waals surface area (Å²) in [6.45, 7) is 8.23. The molecule has 5 heteroatoms. The summed E-state index contributed by atoms with van der Waals surface area (Å²) in [6, 6.07) is 0. The van der Waals surface area contributed by atoms with E-state index in [2.05, 4.69) is 29.8 Å². The molecule has 0 bridgehead atoms. The summed E-state index contributed by atoms with van der Waals surface area (Å²) in [5.74, 6) is 0. The van der Waals surface area contributed by atoms with Crippen LogP contribution in [-0.4, -0.2) is 57.7 Å². The van der Waals surface area contributed by atoms with Gasteiger partial charge in [-0.2, -0.15) is 0 Å². The fraction of sp³-hybridized carbons (Fsp3) is 1.00. The quantitative estimate of drug-likeness (QED) is 0.456. The van der Waals surface area contributed by atoms with Gasteiger partial charge in [-0.15, -0.1) is 0 Å². The highest BCUT2D eigenvalue weighted by Crippen LogP contribution is 2.47. The Bertz CT molecular complexity index is 223. The van der Waals surface area contributed by atoms with E-state index in [0.717, 1.165) is 6.42 Å². The molecular formula is C13H25BrO4. The minimum atomic E-state index is 0.239. The van der Waals surface area contributed by atoms with Crippen molar-refractivity contribution in [2.45, 2.75) is 31.2 Å². The molecule has 1 saturated carbocycles. The van der Waals surface area contributed by atoms with E-state index >= 15 is 0 Å². The van der Waals surface area contributed by atoms with Gasteiger partial charge >= 0.3 is 0 Å². The zero-order valence-electron chi connectivity index (χ0n) is 11.6. The topological polar surface area (TPSA) is 36.9 Å². The summed E-state index contributed by atoms with van der Waals surface area (Å²) in [5, 5.41) is 0. The summed E-state index contributed by atoms with van der Waals surface area (Å²) in [5.41, 5.74) is 0.239. The smallest absolute Gasteiger partial charge is 0.0704 e. The van der Waals surface area contributed by atoms with Crippen molar-refractivity contribution in [2.75, 3.05) is 46.8 Å². The lowest BCUT2D eigenvalue weighted by Crippen LogP contribution is -2.51. The molecule has 0 aromatic heterocycles. The highest BCUT2D eigenvalue weighted by molar-refractivity contribution is 9.09. The molecule has 0 radical (unpaired) electrons. The van der Waals surface area contributed by atoms with Crippen LogP contribution >= 0.6 is 15.9 Å². The molecule has 2 atom stereocenters. The van der Waals surface area contributed by atoms with Gasteiger partial charge in [-0.3, -0.25) is 0 Å². The van der Waals surface area contributed by atoms with Gasteiger partial charge in [-0.05, 0) is 6.42 Å². The summed E-state index contributed by atoms with van der Waals surface area (Å²) in [6.07, 6.45) is 1.44. The minimum Gasteiger partial charge on any atom is -0.382 e. The molecule has 0 amide bonds. The number of halogens is 1. The van der Waals surface area contributed by atoms with Crippen molar-refractivity contribution in [3.63, 3.8) is 0 Å². The summed E-state index contributed by atoms with van der Waals surface area (Å²) in [4.78, 5) is 0.574. The standard InChI is InChI=1S/C13H25BrO4/c1-13(2)11(14)10-12(13)18-9-8-17-7-6-16-5-4-15-3/h11-12H,4-10H2,1-3H3. The van der Waals surface area contributed by atoms with Crippen LogP contribution < -0.4 is 0 Å². The van der Waals surface area contributed by atoms with Crippen LogP contribution in [0.25, 0.3) is 0 Å². The summed E-state index contributed by atoms with van der Waals surface area (Å²) >= 11 is 3.65. The number of hydrogen-bond acceptors (Lipinski definition) is 4. The molecule has 0 aromatic rings. The van der Waals surface area contributed by atoms with Crippen LogP contribution in [0.1, 0.15) is 20.3 Å². The average molecular weight is 325 g/mol. The Balaban J connectivity index is 1.85. The summed E-state index contributed by atoms with van der Waals surface area (Å²) < 4.78 is 21.4. The van der Waals surface area contributed by atoms with Gasteiger partial charge in [0.25, 0.3) is 0 Å². The van der Waals surface area contributed by atoms with Crippen LogP contribution in [0.15, 0.2) is 0 Å². The maximum absolute atomic E-state index is 5.79. The Hall–Kier alpha value is 0.320. The van der Waals surface area contributed by atoms with Gasteiger partial charge in [0.2, 0.25) is 0 Å². The first kappa shape index (κ1) is 16.4. The molecule has 0 spiro atoms. The molecule has 2 unspecified atom stereocenters. The van der Waals surface area contributed by atoms with E-state index in [-0.39, 0.29) is 5.41 Å². The van der Waals surface area contributed by atoms with Crippen LogP contribution in [0.5, 0.6) is 0 Å². The fourth-order valence-corrected chi connectivity index (χ4v) is 2.47. The SMILES string of the molecule is COCCOCCOCCOC1CC(Br)C1(C)C. The van der Waals surface area contributed by atoms with Crippen molar-refractivity contribution >= 4 is 15.9 Å². The van der Waals surface area contributed by atoms with Crippen molar-refractivity contribution in [1.29, 1.82) is 0 Å². The Morgan fingerprint density at radius 2 is 1.56 bits per heavy atom. The van der Waals surface area contributed by atoms with E-state index in [9.17, 15) is 0 Å². The van der Waals surface area contributed by atoms with Gasteiger partial charge < -0.3 is 18.9 Å². The molecule has 0 N–H and O–H groups in total. The third kappa shape index (κ3) is 5.13. The molecule has 0 heterocycles. The molecule has 1 aliphatic rings. The number of alkyl halides is 1. The Morgan fingerprint density at radius 3 is 2.06 bits per heavy atom. The van der Waals surface area contributed by atoms with Crippen LogP contribution in [0, 0.1) is 5.41 Å². The van der Waals surface area contributed by atoms with Crippen molar-refractivity contribution in [2.24, 2.45) is 5.41 Å². The van der Waals surface area contributed by atoms with Crippen molar-refractivity contribution in [3.8, 4) is 0 Å².